The van der Waals surface area contributed by atoms with Gasteiger partial charge < -0.3 is 14.0 Å². The molecule has 0 N–H and O–H groups in total. The monoisotopic (exact) mass is 504 g/mol. The molecule has 0 fully saturated rings. The number of hydrogen-bond donors (Lipinski definition) is 0. The van der Waals surface area contributed by atoms with Crippen LogP contribution >= 0.6 is 12.4 Å². The Morgan fingerprint density at radius 2 is 1.92 bits per heavy atom. The maximum Gasteiger partial charge on any atom is 0.270 e. The number of rotatable bonds is 8. The molecule has 0 bridgehead atoms. The van der Waals surface area contributed by atoms with Gasteiger partial charge in [-0.15, -0.1) is 12.4 Å². The number of aryl methyl sites for hydroxylation is 2. The molecule has 1 unspecified atom stereocenters. The fourth-order valence-corrected chi connectivity index (χ4v) is 4.06. The van der Waals surface area contributed by atoms with Crippen molar-refractivity contribution in [3.05, 3.63) is 111 Å². The van der Waals surface area contributed by atoms with E-state index in [1.54, 1.807) is 24.7 Å². The van der Waals surface area contributed by atoms with Gasteiger partial charge in [0.25, 0.3) is 5.69 Å². The maximum atomic E-state index is 11.3. The molecule has 0 spiro atoms. The van der Waals surface area contributed by atoms with Crippen molar-refractivity contribution in [1.29, 1.82) is 5.26 Å². The lowest BCUT2D eigenvalue weighted by Gasteiger charge is -2.21. The smallest absolute Gasteiger partial charge is 0.270 e. The van der Waals surface area contributed by atoms with E-state index in [4.69, 9.17) is 9.47 Å². The summed E-state index contributed by atoms with van der Waals surface area (Å²) in [6.07, 6.45) is 2.87. The van der Waals surface area contributed by atoms with Crippen LogP contribution in [-0.4, -0.2) is 21.6 Å². The average Bonchev–Trinajstić information content (AvgIpc) is 3.29. The van der Waals surface area contributed by atoms with E-state index in [-0.39, 0.29) is 24.7 Å². The molecular weight excluding hydrogens is 480 g/mol. The molecule has 0 aliphatic heterocycles. The molecular formula is C27H25ClN4O4. The summed E-state index contributed by atoms with van der Waals surface area (Å²) < 4.78 is 13.6. The predicted octanol–water partition coefficient (Wildman–Crippen LogP) is 5.91. The zero-order valence-electron chi connectivity index (χ0n) is 20.0. The van der Waals surface area contributed by atoms with Crippen LogP contribution in [0.1, 0.15) is 34.1 Å². The summed E-state index contributed by atoms with van der Waals surface area (Å²) in [6.45, 7) is 2.08. The van der Waals surface area contributed by atoms with Crippen LogP contribution in [0.2, 0.25) is 0 Å². The average molecular weight is 505 g/mol. The number of hydrogen-bond acceptors (Lipinski definition) is 6. The Kier molecular flexibility index (Phi) is 8.43. The number of non-ortho nitro benzene ring substituents is 1. The Bertz CT molecular complexity index is 1430. The largest absolute Gasteiger partial charge is 0.496 e. The second kappa shape index (κ2) is 11.5. The molecule has 8 nitrogen and oxygen atoms in total. The van der Waals surface area contributed by atoms with Crippen molar-refractivity contribution in [3.63, 3.8) is 0 Å². The van der Waals surface area contributed by atoms with E-state index in [0.29, 0.717) is 16.9 Å². The van der Waals surface area contributed by atoms with Crippen LogP contribution in [0.25, 0.3) is 11.1 Å². The fraction of sp³-hybridized carbons (Fsp3) is 0.185. The number of nitriles is 1. The van der Waals surface area contributed by atoms with Crippen LogP contribution in [0, 0.1) is 28.4 Å². The van der Waals surface area contributed by atoms with Crippen LogP contribution in [-0.2, 0) is 18.4 Å². The van der Waals surface area contributed by atoms with Gasteiger partial charge in [0, 0.05) is 30.3 Å². The highest BCUT2D eigenvalue weighted by atomic mass is 35.5. The minimum Gasteiger partial charge on any atom is -0.496 e. The number of nitro groups is 1. The summed E-state index contributed by atoms with van der Waals surface area (Å²) in [6, 6.07) is 20.2. The number of nitrogens with zero attached hydrogens (tertiary/aromatic N) is 4. The molecule has 3 aromatic carbocycles. The minimum atomic E-state index is -0.540. The van der Waals surface area contributed by atoms with Gasteiger partial charge in [-0.25, -0.2) is 4.98 Å². The summed E-state index contributed by atoms with van der Waals surface area (Å²) in [4.78, 5) is 15.1. The molecule has 1 aromatic heterocycles. The SMILES string of the molecule is COc1ccc([N+](=O)[O-])cc1COC(c1ccc(C#N)c(-c2ccccc2C)c1)c1cncn1C.Cl. The van der Waals surface area contributed by atoms with Crippen LogP contribution in [0.4, 0.5) is 5.69 Å². The first-order valence-electron chi connectivity index (χ1n) is 10.9. The molecule has 0 saturated carbocycles. The number of ether oxygens (including phenoxy) is 2. The Balaban J connectivity index is 0.00000361. The first kappa shape index (κ1) is 26.4. The lowest BCUT2D eigenvalue weighted by atomic mass is 9.93. The van der Waals surface area contributed by atoms with Gasteiger partial charge in [-0.1, -0.05) is 30.3 Å². The third kappa shape index (κ3) is 5.38. The quantitative estimate of drug-likeness (QED) is 0.218. The Morgan fingerprint density at radius 1 is 1.14 bits per heavy atom. The summed E-state index contributed by atoms with van der Waals surface area (Å²) >= 11 is 0. The van der Waals surface area contributed by atoms with Gasteiger partial charge in [-0.3, -0.25) is 10.1 Å². The molecule has 0 saturated heterocycles. The van der Waals surface area contributed by atoms with Crippen LogP contribution in [0.3, 0.4) is 0 Å². The zero-order valence-corrected chi connectivity index (χ0v) is 20.9. The first-order valence-corrected chi connectivity index (χ1v) is 10.9. The second-order valence-electron chi connectivity index (χ2n) is 8.11. The lowest BCUT2D eigenvalue weighted by Crippen LogP contribution is -2.11. The third-order valence-corrected chi connectivity index (χ3v) is 5.90. The highest BCUT2D eigenvalue weighted by molar-refractivity contribution is 5.85. The molecule has 9 heteroatoms. The molecule has 0 amide bonds. The maximum absolute atomic E-state index is 11.3. The van der Waals surface area contributed by atoms with Crippen molar-refractivity contribution in [2.45, 2.75) is 19.6 Å². The standard InChI is InChI=1S/C27H24N4O4.ClH/c1-18-6-4-5-7-23(18)24-13-19(8-9-20(24)14-28)27(25-15-29-17-30(25)2)35-16-21-12-22(31(32)33)10-11-26(21)34-3;/h4-13,15,17,27H,16H2,1-3H3;1H. The van der Waals surface area contributed by atoms with Crippen LogP contribution in [0.15, 0.2) is 73.2 Å². The molecule has 4 aromatic rings. The van der Waals surface area contributed by atoms with Crippen molar-refractivity contribution < 1.29 is 14.4 Å². The van der Waals surface area contributed by atoms with Crippen molar-refractivity contribution in [2.75, 3.05) is 7.11 Å². The minimum absolute atomic E-state index is 0. The lowest BCUT2D eigenvalue weighted by molar-refractivity contribution is -0.385. The third-order valence-electron chi connectivity index (χ3n) is 5.90. The van der Waals surface area contributed by atoms with Crippen molar-refractivity contribution in [3.8, 4) is 22.9 Å². The normalized spacial score (nSPS) is 11.3. The Morgan fingerprint density at radius 3 is 2.56 bits per heavy atom. The van der Waals surface area contributed by atoms with E-state index in [2.05, 4.69) is 11.1 Å². The number of methoxy groups -OCH3 is 1. The van der Waals surface area contributed by atoms with Crippen molar-refractivity contribution in [1.82, 2.24) is 9.55 Å². The van der Waals surface area contributed by atoms with E-state index in [0.717, 1.165) is 27.9 Å². The highest BCUT2D eigenvalue weighted by Gasteiger charge is 2.22. The number of aromatic nitrogens is 2. The predicted molar refractivity (Wildman–Crippen MR) is 138 cm³/mol. The number of halogens is 1. The van der Waals surface area contributed by atoms with Gasteiger partial charge in [-0.05, 0) is 41.8 Å². The first-order chi connectivity index (χ1) is 16.9. The topological polar surface area (TPSA) is 103 Å². The molecule has 0 aliphatic carbocycles. The molecule has 4 rings (SSSR count). The summed E-state index contributed by atoms with van der Waals surface area (Å²) in [5, 5.41) is 21.0. The summed E-state index contributed by atoms with van der Waals surface area (Å²) in [7, 11) is 3.39. The Hall–Kier alpha value is -4.19. The van der Waals surface area contributed by atoms with Crippen LogP contribution < -0.4 is 4.74 Å². The van der Waals surface area contributed by atoms with E-state index >= 15 is 0 Å². The zero-order chi connectivity index (χ0) is 24.9. The van der Waals surface area contributed by atoms with Crippen LogP contribution in [0.5, 0.6) is 5.75 Å². The van der Waals surface area contributed by atoms with Gasteiger partial charge in [0.1, 0.15) is 11.9 Å². The van der Waals surface area contributed by atoms with Crippen molar-refractivity contribution in [2.24, 2.45) is 7.05 Å². The van der Waals surface area contributed by atoms with E-state index in [1.165, 1.54) is 19.2 Å². The number of benzene rings is 3. The second-order valence-corrected chi connectivity index (χ2v) is 8.11. The molecule has 36 heavy (non-hydrogen) atoms. The van der Waals surface area contributed by atoms with Crippen molar-refractivity contribution >= 4 is 18.1 Å². The van der Waals surface area contributed by atoms with E-state index in [9.17, 15) is 15.4 Å². The highest BCUT2D eigenvalue weighted by Crippen LogP contribution is 2.34. The molecule has 0 radical (unpaired) electrons. The molecule has 1 heterocycles. The molecule has 0 aliphatic rings. The fourth-order valence-electron chi connectivity index (χ4n) is 4.06. The number of nitro benzene ring substituents is 1. The molecule has 184 valence electrons. The van der Waals surface area contributed by atoms with Gasteiger partial charge in [0.2, 0.25) is 0 Å². The summed E-state index contributed by atoms with van der Waals surface area (Å²) in [5.41, 5.74) is 5.54. The molecule has 1 atom stereocenters. The van der Waals surface area contributed by atoms with E-state index < -0.39 is 11.0 Å². The van der Waals surface area contributed by atoms with Gasteiger partial charge in [0.05, 0.1) is 48.5 Å². The number of imidazole rings is 1. The van der Waals surface area contributed by atoms with Gasteiger partial charge in [-0.2, -0.15) is 5.26 Å². The summed E-state index contributed by atoms with van der Waals surface area (Å²) in [5.74, 6) is 0.500. The van der Waals surface area contributed by atoms with Gasteiger partial charge >= 0.3 is 0 Å². The van der Waals surface area contributed by atoms with E-state index in [1.807, 2.05) is 54.9 Å². The Labute approximate surface area is 215 Å². The van der Waals surface area contributed by atoms with Gasteiger partial charge in [0.15, 0.2) is 0 Å².